The fraction of sp³-hybridized carbons (Fsp3) is 0.333. The average molecular weight is 210 g/mol. The van der Waals surface area contributed by atoms with Crippen LogP contribution in [0.1, 0.15) is 11.1 Å². The Labute approximate surface area is 91.0 Å². The maximum Gasteiger partial charge on any atom is 0.0406 e. The van der Waals surface area contributed by atoms with Gasteiger partial charge in [-0.1, -0.05) is 42.4 Å². The second-order valence-electron chi connectivity index (χ2n) is 3.66. The summed E-state index contributed by atoms with van der Waals surface area (Å²) >= 11 is 5.78. The number of nitrogens with zero attached hydrogens (tertiary/aromatic N) is 1. The van der Waals surface area contributed by atoms with Crippen LogP contribution >= 0.6 is 11.6 Å². The summed E-state index contributed by atoms with van der Waals surface area (Å²) in [7, 11) is 4.16. The van der Waals surface area contributed by atoms with Crippen molar-refractivity contribution in [3.8, 4) is 0 Å². The summed E-state index contributed by atoms with van der Waals surface area (Å²) in [5.41, 5.74) is 2.33. The summed E-state index contributed by atoms with van der Waals surface area (Å²) in [4.78, 5) is 2.17. The molecule has 1 nitrogen and oxygen atoms in total. The third-order valence-corrected chi connectivity index (χ3v) is 2.33. The van der Waals surface area contributed by atoms with Crippen LogP contribution in [0.25, 0.3) is 5.03 Å². The van der Waals surface area contributed by atoms with E-state index in [2.05, 4.69) is 37.7 Å². The second kappa shape index (κ2) is 5.18. The maximum absolute atomic E-state index is 5.78. The molecule has 0 saturated carbocycles. The summed E-state index contributed by atoms with van der Waals surface area (Å²) in [6.45, 7) is 4.76. The van der Waals surface area contributed by atoms with Crippen molar-refractivity contribution >= 4 is 16.6 Å². The van der Waals surface area contributed by atoms with E-state index in [4.69, 9.17) is 11.6 Å². The molecule has 0 N–H and O–H groups in total. The summed E-state index contributed by atoms with van der Waals surface area (Å²) in [6.07, 6.45) is 1.07. The lowest BCUT2D eigenvalue weighted by molar-refractivity contribution is 0.413. The van der Waals surface area contributed by atoms with E-state index in [9.17, 15) is 0 Å². The minimum Gasteiger partial charge on any atom is -0.309 e. The first kappa shape index (κ1) is 11.3. The van der Waals surface area contributed by atoms with Crippen LogP contribution in [-0.2, 0) is 6.42 Å². The Bertz CT molecular complexity index is 301. The van der Waals surface area contributed by atoms with Crippen molar-refractivity contribution in [2.45, 2.75) is 6.42 Å². The fourth-order valence-electron chi connectivity index (χ4n) is 1.20. The molecule has 0 aliphatic carbocycles. The lowest BCUT2D eigenvalue weighted by atomic mass is 10.1. The third-order valence-electron chi connectivity index (χ3n) is 2.11. The molecule has 1 aromatic carbocycles. The van der Waals surface area contributed by atoms with Crippen molar-refractivity contribution in [2.75, 3.05) is 20.6 Å². The Kier molecular flexibility index (Phi) is 4.18. The molecule has 0 spiro atoms. The van der Waals surface area contributed by atoms with E-state index in [0.29, 0.717) is 5.03 Å². The lowest BCUT2D eigenvalue weighted by Crippen LogP contribution is -2.14. The van der Waals surface area contributed by atoms with Gasteiger partial charge >= 0.3 is 0 Å². The Hall–Kier alpha value is -0.790. The second-order valence-corrected chi connectivity index (χ2v) is 4.11. The standard InChI is InChI=1S/C12H16ClN/c1-10(13)12-6-4-11(5-7-12)8-9-14(2)3/h4-7H,1,8-9H2,2-3H3. The van der Waals surface area contributed by atoms with Crippen LogP contribution in [0.15, 0.2) is 30.8 Å². The molecule has 14 heavy (non-hydrogen) atoms. The number of rotatable bonds is 4. The molecule has 0 atom stereocenters. The molecule has 0 fully saturated rings. The zero-order valence-corrected chi connectivity index (χ0v) is 9.51. The summed E-state index contributed by atoms with van der Waals surface area (Å²) in [5, 5.41) is 0.601. The van der Waals surface area contributed by atoms with Gasteiger partial charge in [-0.2, -0.15) is 0 Å². The summed E-state index contributed by atoms with van der Waals surface area (Å²) < 4.78 is 0. The molecule has 0 unspecified atom stereocenters. The van der Waals surface area contributed by atoms with E-state index >= 15 is 0 Å². The van der Waals surface area contributed by atoms with Crippen LogP contribution in [0, 0.1) is 0 Å². The van der Waals surface area contributed by atoms with Crippen LogP contribution in [0.5, 0.6) is 0 Å². The first-order valence-electron chi connectivity index (χ1n) is 4.68. The SMILES string of the molecule is C=C(Cl)c1ccc(CCN(C)C)cc1. The predicted octanol–water partition coefficient (Wildman–Crippen LogP) is 3.00. The van der Waals surface area contributed by atoms with Gasteiger partial charge in [0.15, 0.2) is 0 Å². The number of halogens is 1. The lowest BCUT2D eigenvalue weighted by Gasteiger charge is -2.09. The fourth-order valence-corrected chi connectivity index (χ4v) is 1.33. The van der Waals surface area contributed by atoms with Gasteiger partial charge in [0.2, 0.25) is 0 Å². The average Bonchev–Trinajstić information content (AvgIpc) is 2.15. The molecule has 76 valence electrons. The number of hydrogen-bond acceptors (Lipinski definition) is 1. The van der Waals surface area contributed by atoms with Crippen LogP contribution in [0.2, 0.25) is 0 Å². The highest BCUT2D eigenvalue weighted by Crippen LogP contribution is 2.16. The molecular weight excluding hydrogens is 194 g/mol. The van der Waals surface area contributed by atoms with Crippen molar-refractivity contribution in [3.63, 3.8) is 0 Å². The van der Waals surface area contributed by atoms with Crippen molar-refractivity contribution in [1.82, 2.24) is 4.90 Å². The first-order chi connectivity index (χ1) is 6.59. The van der Waals surface area contributed by atoms with Gasteiger partial charge in [0.1, 0.15) is 0 Å². The summed E-state index contributed by atoms with van der Waals surface area (Å²) in [6, 6.07) is 8.24. The molecule has 0 radical (unpaired) electrons. The van der Waals surface area contributed by atoms with Crippen molar-refractivity contribution < 1.29 is 0 Å². The van der Waals surface area contributed by atoms with Crippen LogP contribution in [-0.4, -0.2) is 25.5 Å². The zero-order chi connectivity index (χ0) is 10.6. The highest BCUT2D eigenvalue weighted by Gasteiger charge is 1.97. The van der Waals surface area contributed by atoms with E-state index in [-0.39, 0.29) is 0 Å². The predicted molar refractivity (Wildman–Crippen MR) is 63.6 cm³/mol. The number of hydrogen-bond donors (Lipinski definition) is 0. The van der Waals surface area contributed by atoms with Gasteiger partial charge in [-0.15, -0.1) is 0 Å². The minimum atomic E-state index is 0.601. The molecule has 1 aromatic rings. The van der Waals surface area contributed by atoms with Gasteiger partial charge in [-0.3, -0.25) is 0 Å². The molecule has 0 aliphatic rings. The van der Waals surface area contributed by atoms with E-state index in [1.54, 1.807) is 0 Å². The van der Waals surface area contributed by atoms with E-state index in [0.717, 1.165) is 18.5 Å². The Morgan fingerprint density at radius 2 is 1.86 bits per heavy atom. The van der Waals surface area contributed by atoms with Gasteiger partial charge in [0.05, 0.1) is 0 Å². The largest absolute Gasteiger partial charge is 0.309 e. The van der Waals surface area contributed by atoms with Crippen LogP contribution < -0.4 is 0 Å². The monoisotopic (exact) mass is 209 g/mol. The molecule has 1 rings (SSSR count). The van der Waals surface area contributed by atoms with Crippen molar-refractivity contribution in [2.24, 2.45) is 0 Å². The summed E-state index contributed by atoms with van der Waals surface area (Å²) in [5.74, 6) is 0. The zero-order valence-electron chi connectivity index (χ0n) is 8.76. The number of likely N-dealkylation sites (N-methyl/N-ethyl adjacent to an activating group) is 1. The van der Waals surface area contributed by atoms with E-state index in [1.807, 2.05) is 12.1 Å². The Morgan fingerprint density at radius 1 is 1.29 bits per heavy atom. The van der Waals surface area contributed by atoms with Gasteiger partial charge in [-0.05, 0) is 31.6 Å². The molecule has 2 heteroatoms. The molecule has 0 aromatic heterocycles. The van der Waals surface area contributed by atoms with E-state index in [1.165, 1.54) is 5.56 Å². The normalized spacial score (nSPS) is 10.6. The molecule has 0 aliphatic heterocycles. The first-order valence-corrected chi connectivity index (χ1v) is 5.06. The van der Waals surface area contributed by atoms with Crippen LogP contribution in [0.4, 0.5) is 0 Å². The molecular formula is C12H16ClN. The van der Waals surface area contributed by atoms with E-state index < -0.39 is 0 Å². The molecule has 0 heterocycles. The highest BCUT2D eigenvalue weighted by atomic mass is 35.5. The number of benzene rings is 1. The third kappa shape index (κ3) is 3.52. The quantitative estimate of drug-likeness (QED) is 0.737. The Morgan fingerprint density at radius 3 is 2.29 bits per heavy atom. The highest BCUT2D eigenvalue weighted by molar-refractivity contribution is 6.48. The van der Waals surface area contributed by atoms with Gasteiger partial charge in [0, 0.05) is 11.6 Å². The minimum absolute atomic E-state index is 0.601. The smallest absolute Gasteiger partial charge is 0.0406 e. The van der Waals surface area contributed by atoms with Gasteiger partial charge in [-0.25, -0.2) is 0 Å². The van der Waals surface area contributed by atoms with Crippen molar-refractivity contribution in [3.05, 3.63) is 42.0 Å². The topological polar surface area (TPSA) is 3.24 Å². The van der Waals surface area contributed by atoms with Crippen molar-refractivity contribution in [1.29, 1.82) is 0 Å². The molecule has 0 saturated heterocycles. The van der Waals surface area contributed by atoms with Crippen LogP contribution in [0.3, 0.4) is 0 Å². The molecule has 0 amide bonds. The molecule has 0 bridgehead atoms. The van der Waals surface area contributed by atoms with Gasteiger partial charge < -0.3 is 4.90 Å². The Balaban J connectivity index is 2.60. The maximum atomic E-state index is 5.78. The van der Waals surface area contributed by atoms with Gasteiger partial charge in [0.25, 0.3) is 0 Å².